The van der Waals surface area contributed by atoms with E-state index in [-0.39, 0.29) is 5.57 Å². The molecule has 0 saturated carbocycles. The molecule has 1 N–H and O–H groups in total. The third-order valence-electron chi connectivity index (χ3n) is 4.34. The Kier molecular flexibility index (Phi) is 8.71. The molecule has 0 unspecified atom stereocenters. The molecule has 0 fully saturated rings. The lowest BCUT2D eigenvalue weighted by atomic mass is 10.1. The molecule has 0 spiro atoms. The first-order valence-corrected chi connectivity index (χ1v) is 11.7. The Morgan fingerprint density at radius 2 is 1.84 bits per heavy atom. The summed E-state index contributed by atoms with van der Waals surface area (Å²) in [6, 6.07) is 22.6. The number of nitrogens with one attached hydrogen (secondary N) is 1. The van der Waals surface area contributed by atoms with Crippen LogP contribution in [0, 0.1) is 14.9 Å². The van der Waals surface area contributed by atoms with E-state index in [2.05, 4.69) is 43.8 Å². The van der Waals surface area contributed by atoms with Gasteiger partial charge in [-0.3, -0.25) is 4.79 Å². The summed E-state index contributed by atoms with van der Waals surface area (Å²) < 4.78 is 13.6. The molecule has 0 saturated heterocycles. The molecule has 0 radical (unpaired) electrons. The first-order valence-electron chi connectivity index (χ1n) is 9.82. The van der Waals surface area contributed by atoms with Crippen LogP contribution in [0.2, 0.25) is 0 Å². The van der Waals surface area contributed by atoms with Crippen molar-refractivity contribution in [3.8, 4) is 17.6 Å². The van der Waals surface area contributed by atoms with E-state index in [1.165, 1.54) is 6.08 Å². The summed E-state index contributed by atoms with van der Waals surface area (Å²) in [5, 5.41) is 12.2. The number of ether oxygens (including phenoxy) is 2. The molecule has 0 heterocycles. The number of nitrogens with zero attached hydrogens (tertiary/aromatic N) is 1. The number of para-hydroxylation sites is 1. The molecule has 32 heavy (non-hydrogen) atoms. The molecule has 0 aromatic heterocycles. The van der Waals surface area contributed by atoms with E-state index in [1.807, 2.05) is 55.5 Å². The van der Waals surface area contributed by atoms with Crippen LogP contribution in [0.5, 0.6) is 11.5 Å². The predicted octanol–water partition coefficient (Wildman–Crippen LogP) is 6.58. The average Bonchev–Trinajstić information content (AvgIpc) is 2.79. The number of anilines is 1. The second kappa shape index (κ2) is 11.7. The molecule has 3 aromatic rings. The Morgan fingerprint density at radius 3 is 2.50 bits per heavy atom. The molecule has 5 nitrogen and oxygen atoms in total. The number of carbonyl (C=O) groups is 1. The highest BCUT2D eigenvalue weighted by molar-refractivity contribution is 14.1. The predicted molar refractivity (Wildman–Crippen MR) is 137 cm³/mol. The van der Waals surface area contributed by atoms with Crippen molar-refractivity contribution in [1.29, 1.82) is 5.26 Å². The van der Waals surface area contributed by atoms with E-state index < -0.39 is 5.91 Å². The molecule has 1 amide bonds. The first-order chi connectivity index (χ1) is 15.5. The van der Waals surface area contributed by atoms with Crippen molar-refractivity contribution in [2.75, 3.05) is 11.9 Å². The van der Waals surface area contributed by atoms with Gasteiger partial charge >= 0.3 is 0 Å². The Bertz CT molecular complexity index is 1160. The summed E-state index contributed by atoms with van der Waals surface area (Å²) in [7, 11) is 0. The van der Waals surface area contributed by atoms with Gasteiger partial charge < -0.3 is 14.8 Å². The van der Waals surface area contributed by atoms with Crippen LogP contribution >= 0.6 is 38.5 Å². The lowest BCUT2D eigenvalue weighted by Gasteiger charge is -2.15. The highest BCUT2D eigenvalue weighted by Gasteiger charge is 2.15. The Labute approximate surface area is 209 Å². The molecule has 0 aliphatic carbocycles. The molecule has 3 rings (SSSR count). The minimum Gasteiger partial charge on any atom is -0.490 e. The first kappa shape index (κ1) is 23.8. The van der Waals surface area contributed by atoms with Crippen LogP contribution in [0.15, 0.2) is 76.8 Å². The smallest absolute Gasteiger partial charge is 0.266 e. The molecule has 3 aromatic carbocycles. The topological polar surface area (TPSA) is 71.3 Å². The highest BCUT2D eigenvalue weighted by atomic mass is 127. The van der Waals surface area contributed by atoms with Crippen molar-refractivity contribution in [3.63, 3.8) is 0 Å². The summed E-state index contributed by atoms with van der Waals surface area (Å²) in [5.74, 6) is 0.612. The Hall–Kier alpha value is -2.83. The minimum atomic E-state index is -0.480. The van der Waals surface area contributed by atoms with Crippen LogP contribution in [-0.2, 0) is 11.4 Å². The van der Waals surface area contributed by atoms with E-state index in [0.29, 0.717) is 40.4 Å². The van der Waals surface area contributed by atoms with Gasteiger partial charge in [0.25, 0.3) is 5.91 Å². The van der Waals surface area contributed by atoms with Crippen molar-refractivity contribution in [2.24, 2.45) is 0 Å². The third-order valence-corrected chi connectivity index (χ3v) is 5.64. The zero-order valence-corrected chi connectivity index (χ0v) is 21.0. The average molecular weight is 603 g/mol. The van der Waals surface area contributed by atoms with Crippen molar-refractivity contribution < 1.29 is 14.3 Å². The fourth-order valence-corrected chi connectivity index (χ4v) is 3.78. The molecular formula is C25H20BrIN2O3. The summed E-state index contributed by atoms with van der Waals surface area (Å²) in [6.45, 7) is 2.71. The maximum absolute atomic E-state index is 12.5. The highest BCUT2D eigenvalue weighted by Crippen LogP contribution is 2.38. The van der Waals surface area contributed by atoms with Gasteiger partial charge in [-0.05, 0) is 99.0 Å². The van der Waals surface area contributed by atoms with E-state index in [4.69, 9.17) is 9.47 Å². The number of amides is 1. The third kappa shape index (κ3) is 6.58. The van der Waals surface area contributed by atoms with Crippen molar-refractivity contribution in [2.45, 2.75) is 13.5 Å². The molecule has 0 aliphatic rings. The van der Waals surface area contributed by atoms with Crippen LogP contribution < -0.4 is 14.8 Å². The van der Waals surface area contributed by atoms with Crippen molar-refractivity contribution >= 4 is 56.2 Å². The number of benzene rings is 3. The van der Waals surface area contributed by atoms with Crippen LogP contribution in [0.25, 0.3) is 6.08 Å². The van der Waals surface area contributed by atoms with Crippen LogP contribution in [0.4, 0.5) is 5.69 Å². The zero-order chi connectivity index (χ0) is 22.9. The molecule has 0 aliphatic heterocycles. The number of carbonyl (C=O) groups excluding carboxylic acids is 1. The van der Waals surface area contributed by atoms with Gasteiger partial charge in [-0.25, -0.2) is 0 Å². The standard InChI is InChI=1S/C25H20BrIN2O3/c1-2-31-23-14-18(12-19(15-28)25(30)29-21-6-4-3-5-7-21)13-22(26)24(23)32-16-17-8-10-20(27)11-9-17/h3-14H,2,16H2,1H3,(H,29,30)/b19-12+. The summed E-state index contributed by atoms with van der Waals surface area (Å²) in [6.07, 6.45) is 1.52. The van der Waals surface area contributed by atoms with Gasteiger partial charge in [-0.2, -0.15) is 5.26 Å². The lowest BCUT2D eigenvalue weighted by molar-refractivity contribution is -0.112. The normalized spacial score (nSPS) is 10.9. The largest absolute Gasteiger partial charge is 0.490 e. The summed E-state index contributed by atoms with van der Waals surface area (Å²) >= 11 is 5.80. The quantitative estimate of drug-likeness (QED) is 0.180. The monoisotopic (exact) mass is 602 g/mol. The molecular weight excluding hydrogens is 583 g/mol. The SMILES string of the molecule is CCOc1cc(/C=C(\C#N)C(=O)Nc2ccccc2)cc(Br)c1OCc1ccc(I)cc1. The lowest BCUT2D eigenvalue weighted by Crippen LogP contribution is -2.13. The van der Waals surface area contributed by atoms with Crippen LogP contribution in [0.3, 0.4) is 0 Å². The van der Waals surface area contributed by atoms with E-state index in [0.717, 1.165) is 9.13 Å². The molecule has 0 bridgehead atoms. The van der Waals surface area contributed by atoms with Gasteiger partial charge in [0.1, 0.15) is 18.2 Å². The van der Waals surface area contributed by atoms with Gasteiger partial charge in [-0.15, -0.1) is 0 Å². The van der Waals surface area contributed by atoms with E-state index in [9.17, 15) is 10.1 Å². The second-order valence-electron chi connectivity index (χ2n) is 6.67. The van der Waals surface area contributed by atoms with E-state index >= 15 is 0 Å². The minimum absolute atomic E-state index is 0.0178. The Morgan fingerprint density at radius 1 is 1.12 bits per heavy atom. The number of halogens is 2. The fraction of sp³-hybridized carbons (Fsp3) is 0.120. The van der Waals surface area contributed by atoms with Crippen molar-refractivity contribution in [3.05, 3.63) is 91.5 Å². The van der Waals surface area contributed by atoms with Crippen LogP contribution in [-0.4, -0.2) is 12.5 Å². The summed E-state index contributed by atoms with van der Waals surface area (Å²) in [4.78, 5) is 12.5. The fourth-order valence-electron chi connectivity index (χ4n) is 2.85. The van der Waals surface area contributed by atoms with Gasteiger partial charge in [0.05, 0.1) is 11.1 Å². The van der Waals surface area contributed by atoms with E-state index in [1.54, 1.807) is 24.3 Å². The zero-order valence-electron chi connectivity index (χ0n) is 17.3. The van der Waals surface area contributed by atoms with Gasteiger partial charge in [0.15, 0.2) is 11.5 Å². The maximum Gasteiger partial charge on any atom is 0.266 e. The van der Waals surface area contributed by atoms with Crippen molar-refractivity contribution in [1.82, 2.24) is 0 Å². The number of hydrogen-bond donors (Lipinski definition) is 1. The molecule has 7 heteroatoms. The van der Waals surface area contributed by atoms with Gasteiger partial charge in [0, 0.05) is 9.26 Å². The van der Waals surface area contributed by atoms with Gasteiger partial charge in [-0.1, -0.05) is 30.3 Å². The molecule has 162 valence electrons. The number of rotatable bonds is 8. The van der Waals surface area contributed by atoms with Gasteiger partial charge in [0.2, 0.25) is 0 Å². The summed E-state index contributed by atoms with van der Waals surface area (Å²) in [5.41, 5.74) is 2.28. The Balaban J connectivity index is 1.84. The van der Waals surface area contributed by atoms with Crippen LogP contribution in [0.1, 0.15) is 18.1 Å². The number of hydrogen-bond acceptors (Lipinski definition) is 4. The second-order valence-corrected chi connectivity index (χ2v) is 8.77. The number of nitriles is 1. The molecule has 0 atom stereocenters. The maximum atomic E-state index is 12.5.